The maximum atomic E-state index is 2.52. The number of benzene rings is 3. The molecule has 0 N–H and O–H groups in total. The lowest BCUT2D eigenvalue weighted by molar-refractivity contribution is 0.567. The molecule has 5 rings (SSSR count). The van der Waals surface area contributed by atoms with E-state index in [1.807, 2.05) is 0 Å². The zero-order valence-electron chi connectivity index (χ0n) is 19.0. The molecule has 1 radical (unpaired) electrons. The summed E-state index contributed by atoms with van der Waals surface area (Å²) in [7, 11) is 0. The van der Waals surface area contributed by atoms with Crippen LogP contribution >= 0.6 is 0 Å². The first-order chi connectivity index (χ1) is 14.2. The minimum absolute atomic E-state index is 0.105. The van der Waals surface area contributed by atoms with Gasteiger partial charge in [0.05, 0.1) is 0 Å². The Morgan fingerprint density at radius 2 is 1.30 bits per heavy atom. The van der Waals surface area contributed by atoms with E-state index >= 15 is 0 Å². The summed E-state index contributed by atoms with van der Waals surface area (Å²) in [5.74, 6) is 0.309. The smallest absolute Gasteiger partial charge is 0.0284 e. The van der Waals surface area contributed by atoms with E-state index < -0.39 is 0 Å². The van der Waals surface area contributed by atoms with Crippen molar-refractivity contribution in [2.75, 3.05) is 0 Å². The zero-order valence-corrected chi connectivity index (χ0v) is 19.0. The van der Waals surface area contributed by atoms with Crippen molar-refractivity contribution in [3.05, 3.63) is 107 Å². The number of allylic oxidation sites excluding steroid dienone is 2. The van der Waals surface area contributed by atoms with Crippen LogP contribution in [0.25, 0.3) is 16.7 Å². The van der Waals surface area contributed by atoms with E-state index in [9.17, 15) is 0 Å². The minimum Gasteiger partial charge on any atom is -0.0682 e. The van der Waals surface area contributed by atoms with Crippen molar-refractivity contribution in [3.63, 3.8) is 0 Å². The van der Waals surface area contributed by atoms with Gasteiger partial charge in [0.15, 0.2) is 0 Å². The lowest BCUT2D eigenvalue weighted by Gasteiger charge is -2.26. The molecule has 3 aromatic carbocycles. The molecule has 1 atom stereocenters. The predicted octanol–water partition coefficient (Wildman–Crippen LogP) is 8.14. The van der Waals surface area contributed by atoms with Crippen molar-refractivity contribution in [2.45, 2.75) is 52.9 Å². The molecule has 0 spiro atoms. The molecule has 2 aliphatic carbocycles. The van der Waals surface area contributed by atoms with Crippen LogP contribution in [0, 0.1) is 11.8 Å². The SMILES string of the molecule is CC(C)(C)C1=CC(c2ccc(C(C)(C)C)c3c2[CH]c2ccccc2-3)c2ccccc21. The van der Waals surface area contributed by atoms with Crippen LogP contribution in [0.2, 0.25) is 0 Å². The molecule has 0 saturated carbocycles. The molecule has 0 heterocycles. The number of hydrogen-bond acceptors (Lipinski definition) is 0. The van der Waals surface area contributed by atoms with Gasteiger partial charge in [-0.3, -0.25) is 0 Å². The van der Waals surface area contributed by atoms with E-state index in [0.29, 0.717) is 5.92 Å². The zero-order chi connectivity index (χ0) is 21.3. The maximum Gasteiger partial charge on any atom is 0.0284 e. The summed E-state index contributed by atoms with van der Waals surface area (Å²) < 4.78 is 0. The highest BCUT2D eigenvalue weighted by molar-refractivity contribution is 5.87. The van der Waals surface area contributed by atoms with Crippen LogP contribution in [0.3, 0.4) is 0 Å². The molecule has 0 aliphatic heterocycles. The Balaban J connectivity index is 1.76. The standard InChI is InChI=1S/C30H31/c1-29(2,3)26-16-15-22(25-17-19-11-7-8-12-20(19)28(25)26)24-18-27(30(4,5)6)23-14-10-9-13-21(23)24/h7-18,24H,1-6H3. The van der Waals surface area contributed by atoms with E-state index in [0.717, 1.165) is 0 Å². The fourth-order valence-corrected chi connectivity index (χ4v) is 5.25. The molecule has 0 amide bonds. The van der Waals surface area contributed by atoms with Crippen LogP contribution < -0.4 is 0 Å². The summed E-state index contributed by atoms with van der Waals surface area (Å²) in [6, 6.07) is 22.6. The van der Waals surface area contributed by atoms with Crippen molar-refractivity contribution in [1.82, 2.24) is 0 Å². The summed E-state index contributed by atoms with van der Waals surface area (Å²) in [4.78, 5) is 0. The molecular weight excluding hydrogens is 360 g/mol. The van der Waals surface area contributed by atoms with Gasteiger partial charge in [0.2, 0.25) is 0 Å². The molecular formula is C30H31. The Morgan fingerprint density at radius 3 is 2.00 bits per heavy atom. The molecule has 30 heavy (non-hydrogen) atoms. The van der Waals surface area contributed by atoms with Crippen LogP contribution in [-0.2, 0) is 5.41 Å². The van der Waals surface area contributed by atoms with E-state index in [-0.39, 0.29) is 10.8 Å². The third kappa shape index (κ3) is 2.88. The van der Waals surface area contributed by atoms with Gasteiger partial charge in [-0.2, -0.15) is 0 Å². The van der Waals surface area contributed by atoms with E-state index in [1.165, 1.54) is 50.1 Å². The Kier molecular flexibility index (Phi) is 4.16. The molecule has 0 aromatic heterocycles. The van der Waals surface area contributed by atoms with Crippen molar-refractivity contribution in [3.8, 4) is 11.1 Å². The lowest BCUT2D eigenvalue weighted by atomic mass is 9.78. The molecule has 0 saturated heterocycles. The topological polar surface area (TPSA) is 0 Å². The largest absolute Gasteiger partial charge is 0.0682 e. The molecule has 0 nitrogen and oxygen atoms in total. The van der Waals surface area contributed by atoms with Crippen LogP contribution in [0.1, 0.15) is 80.8 Å². The van der Waals surface area contributed by atoms with Crippen LogP contribution in [0.4, 0.5) is 0 Å². The van der Waals surface area contributed by atoms with Crippen LogP contribution in [0.5, 0.6) is 0 Å². The van der Waals surface area contributed by atoms with E-state index in [1.54, 1.807) is 0 Å². The van der Waals surface area contributed by atoms with Crippen molar-refractivity contribution < 1.29 is 0 Å². The first-order valence-electron chi connectivity index (χ1n) is 11.1. The monoisotopic (exact) mass is 391 g/mol. The molecule has 1 unspecified atom stereocenters. The van der Waals surface area contributed by atoms with E-state index in [2.05, 4.69) is 115 Å². The summed E-state index contributed by atoms with van der Waals surface area (Å²) in [5.41, 5.74) is 13.0. The number of fused-ring (bicyclic) bond motifs is 4. The lowest BCUT2D eigenvalue weighted by Crippen LogP contribution is -2.14. The molecule has 0 heteroatoms. The highest BCUT2D eigenvalue weighted by atomic mass is 14.4. The third-order valence-electron chi connectivity index (χ3n) is 6.68. The first-order valence-corrected chi connectivity index (χ1v) is 11.1. The predicted molar refractivity (Wildman–Crippen MR) is 129 cm³/mol. The normalized spacial score (nSPS) is 17.4. The van der Waals surface area contributed by atoms with Gasteiger partial charge in [-0.1, -0.05) is 108 Å². The van der Waals surface area contributed by atoms with Crippen molar-refractivity contribution in [2.24, 2.45) is 5.41 Å². The van der Waals surface area contributed by atoms with Gasteiger partial charge >= 0.3 is 0 Å². The molecule has 0 fully saturated rings. The highest BCUT2D eigenvalue weighted by Gasteiger charge is 2.35. The van der Waals surface area contributed by atoms with Crippen molar-refractivity contribution in [1.29, 1.82) is 0 Å². The Morgan fingerprint density at radius 1 is 0.633 bits per heavy atom. The average molecular weight is 392 g/mol. The van der Waals surface area contributed by atoms with Gasteiger partial charge in [0, 0.05) is 12.3 Å². The number of rotatable bonds is 1. The molecule has 151 valence electrons. The van der Waals surface area contributed by atoms with E-state index in [4.69, 9.17) is 0 Å². The van der Waals surface area contributed by atoms with Gasteiger partial charge in [-0.15, -0.1) is 0 Å². The van der Waals surface area contributed by atoms with Crippen molar-refractivity contribution >= 4 is 5.57 Å². The average Bonchev–Trinajstić information content (AvgIpc) is 3.25. The second-order valence-electron chi connectivity index (χ2n) is 10.9. The quantitative estimate of drug-likeness (QED) is 0.307. The summed E-state index contributed by atoms with van der Waals surface area (Å²) in [6.45, 7) is 14.0. The van der Waals surface area contributed by atoms with Gasteiger partial charge in [-0.25, -0.2) is 0 Å². The first kappa shape index (κ1) is 19.4. The Bertz CT molecular complexity index is 1180. The Hall–Kier alpha value is -2.60. The summed E-state index contributed by atoms with van der Waals surface area (Å²) in [6.07, 6.45) is 4.94. The van der Waals surface area contributed by atoms with Gasteiger partial charge in [0.1, 0.15) is 0 Å². The second-order valence-corrected chi connectivity index (χ2v) is 10.9. The highest BCUT2D eigenvalue weighted by Crippen LogP contribution is 2.52. The maximum absolute atomic E-state index is 2.52. The fraction of sp³-hybridized carbons (Fsp3) is 0.300. The van der Waals surface area contributed by atoms with Crippen LogP contribution in [-0.4, -0.2) is 0 Å². The molecule has 0 bridgehead atoms. The fourth-order valence-electron chi connectivity index (χ4n) is 5.25. The third-order valence-corrected chi connectivity index (χ3v) is 6.68. The molecule has 2 aliphatic rings. The number of hydrogen-bond donors (Lipinski definition) is 0. The minimum atomic E-state index is 0.105. The van der Waals surface area contributed by atoms with Gasteiger partial charge in [-0.05, 0) is 60.9 Å². The Labute approximate surface area is 181 Å². The summed E-state index contributed by atoms with van der Waals surface area (Å²) >= 11 is 0. The molecule has 3 aromatic rings. The van der Waals surface area contributed by atoms with Gasteiger partial charge in [0.25, 0.3) is 0 Å². The second kappa shape index (κ2) is 6.45. The van der Waals surface area contributed by atoms with Gasteiger partial charge < -0.3 is 0 Å². The summed E-state index contributed by atoms with van der Waals surface area (Å²) in [5, 5.41) is 0. The van der Waals surface area contributed by atoms with Crippen LogP contribution in [0.15, 0.2) is 66.7 Å².